The van der Waals surface area contributed by atoms with E-state index < -0.39 is 0 Å². The Morgan fingerprint density at radius 1 is 1.15 bits per heavy atom. The standard InChI is InChI=1S/C15H28N4O/c1-5-9-13-17-14(12-15(18-13)20-8-4)16-10-11-19(6-2)7-3/h12H,5-11H2,1-4H3,(H,16,17,18). The van der Waals surface area contributed by atoms with Gasteiger partial charge in [0.2, 0.25) is 5.88 Å². The van der Waals surface area contributed by atoms with Crippen molar-refractivity contribution in [3.63, 3.8) is 0 Å². The first kappa shape index (κ1) is 16.7. The summed E-state index contributed by atoms with van der Waals surface area (Å²) in [5.74, 6) is 2.37. The number of hydrogen-bond donors (Lipinski definition) is 1. The van der Waals surface area contributed by atoms with E-state index in [0.717, 1.165) is 50.7 Å². The number of hydrogen-bond acceptors (Lipinski definition) is 5. The Morgan fingerprint density at radius 3 is 2.50 bits per heavy atom. The molecular weight excluding hydrogens is 252 g/mol. The molecule has 0 saturated heterocycles. The zero-order chi connectivity index (χ0) is 14.8. The highest BCUT2D eigenvalue weighted by atomic mass is 16.5. The van der Waals surface area contributed by atoms with Crippen LogP contribution in [0.5, 0.6) is 5.88 Å². The predicted molar refractivity (Wildman–Crippen MR) is 83.5 cm³/mol. The summed E-state index contributed by atoms with van der Waals surface area (Å²) >= 11 is 0. The maximum atomic E-state index is 5.50. The molecule has 114 valence electrons. The first-order valence-corrected chi connectivity index (χ1v) is 7.70. The van der Waals surface area contributed by atoms with E-state index >= 15 is 0 Å². The van der Waals surface area contributed by atoms with Crippen LogP contribution < -0.4 is 10.1 Å². The fourth-order valence-corrected chi connectivity index (χ4v) is 2.00. The molecule has 5 nitrogen and oxygen atoms in total. The molecule has 1 aromatic rings. The molecular formula is C15H28N4O. The second-order valence-corrected chi connectivity index (χ2v) is 4.64. The van der Waals surface area contributed by atoms with Crippen LogP contribution in [0.25, 0.3) is 0 Å². The van der Waals surface area contributed by atoms with Crippen LogP contribution in [-0.4, -0.2) is 47.7 Å². The van der Waals surface area contributed by atoms with Gasteiger partial charge in [-0.2, -0.15) is 4.98 Å². The maximum Gasteiger partial charge on any atom is 0.218 e. The molecule has 1 N–H and O–H groups in total. The van der Waals surface area contributed by atoms with Crippen molar-refractivity contribution in [1.29, 1.82) is 0 Å². The van der Waals surface area contributed by atoms with Crippen molar-refractivity contribution >= 4 is 5.82 Å². The Balaban J connectivity index is 2.62. The zero-order valence-electron chi connectivity index (χ0n) is 13.3. The summed E-state index contributed by atoms with van der Waals surface area (Å²) in [4.78, 5) is 11.3. The molecule has 1 rings (SSSR count). The van der Waals surface area contributed by atoms with Crippen LogP contribution in [0.4, 0.5) is 5.82 Å². The SMILES string of the molecule is CCCc1nc(NCCN(CC)CC)cc(OCC)n1. The highest BCUT2D eigenvalue weighted by Gasteiger charge is 2.05. The molecule has 0 fully saturated rings. The lowest BCUT2D eigenvalue weighted by Crippen LogP contribution is -2.28. The second kappa shape index (κ2) is 9.53. The minimum absolute atomic E-state index is 0.626. The molecule has 0 aliphatic heterocycles. The molecule has 0 amide bonds. The number of aryl methyl sites for hydroxylation is 1. The number of aromatic nitrogens is 2. The summed E-state index contributed by atoms with van der Waals surface area (Å²) in [5, 5.41) is 3.37. The molecule has 0 bridgehead atoms. The molecule has 0 radical (unpaired) electrons. The summed E-state index contributed by atoms with van der Waals surface area (Å²) < 4.78 is 5.50. The summed E-state index contributed by atoms with van der Waals surface area (Å²) in [5.41, 5.74) is 0. The number of nitrogens with zero attached hydrogens (tertiary/aromatic N) is 3. The van der Waals surface area contributed by atoms with Gasteiger partial charge in [0.1, 0.15) is 11.6 Å². The van der Waals surface area contributed by atoms with Gasteiger partial charge in [-0.05, 0) is 26.4 Å². The van der Waals surface area contributed by atoms with E-state index in [1.807, 2.05) is 13.0 Å². The molecule has 20 heavy (non-hydrogen) atoms. The van der Waals surface area contributed by atoms with Crippen LogP contribution in [0.1, 0.15) is 39.9 Å². The first-order chi connectivity index (χ1) is 9.73. The smallest absolute Gasteiger partial charge is 0.218 e. The molecule has 1 aromatic heterocycles. The Morgan fingerprint density at radius 2 is 1.90 bits per heavy atom. The Kier molecular flexibility index (Phi) is 7.95. The summed E-state index contributed by atoms with van der Waals surface area (Å²) in [7, 11) is 0. The van der Waals surface area contributed by atoms with E-state index in [4.69, 9.17) is 4.74 Å². The van der Waals surface area contributed by atoms with Gasteiger partial charge in [-0.3, -0.25) is 0 Å². The minimum atomic E-state index is 0.626. The zero-order valence-corrected chi connectivity index (χ0v) is 13.3. The maximum absolute atomic E-state index is 5.50. The van der Waals surface area contributed by atoms with Crippen molar-refractivity contribution < 1.29 is 4.74 Å². The Labute approximate surface area is 122 Å². The molecule has 0 aliphatic carbocycles. The number of anilines is 1. The van der Waals surface area contributed by atoms with Crippen LogP contribution >= 0.6 is 0 Å². The highest BCUT2D eigenvalue weighted by molar-refractivity contribution is 5.38. The van der Waals surface area contributed by atoms with Gasteiger partial charge in [0.05, 0.1) is 6.61 Å². The van der Waals surface area contributed by atoms with Crippen LogP contribution in [0, 0.1) is 0 Å². The fourth-order valence-electron chi connectivity index (χ4n) is 2.00. The van der Waals surface area contributed by atoms with Crippen molar-refractivity contribution in [1.82, 2.24) is 14.9 Å². The number of likely N-dealkylation sites (N-methyl/N-ethyl adjacent to an activating group) is 1. The molecule has 0 aromatic carbocycles. The number of ether oxygens (including phenoxy) is 1. The predicted octanol–water partition coefficient (Wildman–Crippen LogP) is 2.58. The molecule has 0 unspecified atom stereocenters. The molecule has 5 heteroatoms. The van der Waals surface area contributed by atoms with Gasteiger partial charge in [0, 0.05) is 25.6 Å². The largest absolute Gasteiger partial charge is 0.478 e. The van der Waals surface area contributed by atoms with Crippen molar-refractivity contribution in [3.8, 4) is 5.88 Å². The third-order valence-electron chi connectivity index (χ3n) is 3.14. The van der Waals surface area contributed by atoms with Gasteiger partial charge in [0.25, 0.3) is 0 Å². The van der Waals surface area contributed by atoms with Crippen LogP contribution in [0.2, 0.25) is 0 Å². The van der Waals surface area contributed by atoms with E-state index in [2.05, 4.69) is 41.0 Å². The summed E-state index contributed by atoms with van der Waals surface area (Å²) in [6, 6.07) is 1.88. The second-order valence-electron chi connectivity index (χ2n) is 4.64. The third-order valence-corrected chi connectivity index (χ3v) is 3.14. The minimum Gasteiger partial charge on any atom is -0.478 e. The van der Waals surface area contributed by atoms with Crippen LogP contribution in [0.15, 0.2) is 6.07 Å². The lowest BCUT2D eigenvalue weighted by molar-refractivity contribution is 0.315. The summed E-state index contributed by atoms with van der Waals surface area (Å²) in [6.07, 6.45) is 1.92. The molecule has 0 atom stereocenters. The lowest BCUT2D eigenvalue weighted by Gasteiger charge is -2.18. The van der Waals surface area contributed by atoms with Crippen LogP contribution in [-0.2, 0) is 6.42 Å². The van der Waals surface area contributed by atoms with Crippen molar-refractivity contribution in [3.05, 3.63) is 11.9 Å². The van der Waals surface area contributed by atoms with E-state index in [1.165, 1.54) is 0 Å². The van der Waals surface area contributed by atoms with E-state index in [0.29, 0.717) is 12.5 Å². The molecule has 1 heterocycles. The van der Waals surface area contributed by atoms with Gasteiger partial charge in [-0.25, -0.2) is 4.98 Å². The molecule has 0 saturated carbocycles. The quantitative estimate of drug-likeness (QED) is 0.714. The monoisotopic (exact) mass is 280 g/mol. The van der Waals surface area contributed by atoms with E-state index in [9.17, 15) is 0 Å². The third kappa shape index (κ3) is 5.74. The first-order valence-electron chi connectivity index (χ1n) is 7.70. The highest BCUT2D eigenvalue weighted by Crippen LogP contribution is 2.14. The van der Waals surface area contributed by atoms with Crippen molar-refractivity contribution in [2.45, 2.75) is 40.5 Å². The topological polar surface area (TPSA) is 50.3 Å². The van der Waals surface area contributed by atoms with Gasteiger partial charge in [0.15, 0.2) is 0 Å². The van der Waals surface area contributed by atoms with Gasteiger partial charge in [-0.15, -0.1) is 0 Å². The van der Waals surface area contributed by atoms with Gasteiger partial charge < -0.3 is 15.0 Å². The fraction of sp³-hybridized carbons (Fsp3) is 0.733. The number of rotatable bonds is 10. The Hall–Kier alpha value is -1.36. The normalized spacial score (nSPS) is 10.8. The average molecular weight is 280 g/mol. The van der Waals surface area contributed by atoms with Crippen molar-refractivity contribution in [2.24, 2.45) is 0 Å². The number of nitrogens with one attached hydrogen (secondary N) is 1. The lowest BCUT2D eigenvalue weighted by atomic mass is 10.3. The van der Waals surface area contributed by atoms with Crippen LogP contribution in [0.3, 0.4) is 0 Å². The average Bonchev–Trinajstić information content (AvgIpc) is 2.44. The summed E-state index contributed by atoms with van der Waals surface area (Å²) in [6.45, 7) is 13.1. The van der Waals surface area contributed by atoms with Gasteiger partial charge >= 0.3 is 0 Å². The van der Waals surface area contributed by atoms with Gasteiger partial charge in [-0.1, -0.05) is 20.8 Å². The van der Waals surface area contributed by atoms with E-state index in [1.54, 1.807) is 0 Å². The Bertz CT molecular complexity index is 356. The van der Waals surface area contributed by atoms with Crippen molar-refractivity contribution in [2.75, 3.05) is 38.1 Å². The van der Waals surface area contributed by atoms with E-state index in [-0.39, 0.29) is 0 Å². The molecule has 0 aliphatic rings. The molecule has 0 spiro atoms.